The zero-order valence-electron chi connectivity index (χ0n) is 19.1. The number of aromatic nitrogens is 2. The van der Waals surface area contributed by atoms with Crippen molar-refractivity contribution in [3.8, 4) is 12.3 Å². The molecule has 1 aliphatic carbocycles. The summed E-state index contributed by atoms with van der Waals surface area (Å²) in [7, 11) is 0. The molecule has 0 N–H and O–H groups in total. The van der Waals surface area contributed by atoms with Crippen molar-refractivity contribution in [1.29, 1.82) is 0 Å². The first-order valence-electron chi connectivity index (χ1n) is 11.9. The lowest BCUT2D eigenvalue weighted by molar-refractivity contribution is -0.140. The van der Waals surface area contributed by atoms with Crippen molar-refractivity contribution in [2.75, 3.05) is 52.4 Å². The largest absolute Gasteiger partial charge is 0.339 e. The quantitative estimate of drug-likeness (QED) is 0.636. The fourth-order valence-electron chi connectivity index (χ4n) is 4.99. The van der Waals surface area contributed by atoms with Gasteiger partial charge in [0.15, 0.2) is 0 Å². The lowest BCUT2D eigenvalue weighted by atomic mass is 9.85. The van der Waals surface area contributed by atoms with E-state index in [9.17, 15) is 14.4 Å². The van der Waals surface area contributed by atoms with Crippen molar-refractivity contribution in [2.24, 2.45) is 5.41 Å². The number of amides is 4. The first-order chi connectivity index (χ1) is 16.0. The third-order valence-corrected chi connectivity index (χ3v) is 7.06. The smallest absolute Gasteiger partial charge is 0.320 e. The zero-order chi connectivity index (χ0) is 23.3. The van der Waals surface area contributed by atoms with Crippen LogP contribution in [0.3, 0.4) is 0 Å². The number of terminal acetylenes is 1. The van der Waals surface area contributed by atoms with Crippen LogP contribution in [-0.4, -0.2) is 99.8 Å². The van der Waals surface area contributed by atoms with Crippen LogP contribution in [-0.2, 0) is 16.0 Å². The molecule has 176 valence electrons. The van der Waals surface area contributed by atoms with Gasteiger partial charge in [-0.3, -0.25) is 9.59 Å². The number of carbonyl (C=O) groups is 3. The number of urea groups is 1. The molecule has 0 spiro atoms. The van der Waals surface area contributed by atoms with Gasteiger partial charge in [0, 0.05) is 77.6 Å². The molecule has 1 aromatic rings. The van der Waals surface area contributed by atoms with Crippen molar-refractivity contribution in [2.45, 2.75) is 38.5 Å². The minimum Gasteiger partial charge on any atom is -0.339 e. The predicted molar refractivity (Wildman–Crippen MR) is 122 cm³/mol. The Balaban J connectivity index is 1.21. The Morgan fingerprint density at radius 2 is 1.36 bits per heavy atom. The molecule has 3 heterocycles. The number of carbonyl (C=O) groups excluding carboxylic acids is 3. The summed E-state index contributed by atoms with van der Waals surface area (Å²) in [5.41, 5.74) is -0.637. The predicted octanol–water partition coefficient (Wildman–Crippen LogP) is 1.01. The Morgan fingerprint density at radius 1 is 0.848 bits per heavy atom. The molecule has 2 saturated heterocycles. The van der Waals surface area contributed by atoms with Gasteiger partial charge in [-0.25, -0.2) is 14.8 Å². The molecule has 0 aromatic carbocycles. The summed E-state index contributed by atoms with van der Waals surface area (Å²) in [6, 6.07) is 1.74. The monoisotopic (exact) mass is 452 g/mol. The van der Waals surface area contributed by atoms with Crippen LogP contribution in [0.2, 0.25) is 0 Å². The molecule has 1 aromatic heterocycles. The van der Waals surface area contributed by atoms with Crippen molar-refractivity contribution in [3.05, 3.63) is 24.3 Å². The SMILES string of the molecule is C#CC1(C(=O)N2CCN(C(=O)N3CCN(C(=O)CCc4ncccn4)CC3)CC2)CCCC1. The minimum absolute atomic E-state index is 0.0144. The van der Waals surface area contributed by atoms with Crippen LogP contribution in [0.15, 0.2) is 18.5 Å². The molecule has 0 unspecified atom stereocenters. The number of rotatable bonds is 4. The standard InChI is InChI=1S/C24H32N6O3/c1-2-24(8-3-4-9-24)22(32)28-14-18-30(19-15-28)23(33)29-16-12-27(13-17-29)21(31)7-6-20-25-10-5-11-26-20/h1,5,10-11H,3-4,6-9,12-19H2. The van der Waals surface area contributed by atoms with E-state index in [1.807, 2.05) is 19.6 Å². The minimum atomic E-state index is -0.637. The van der Waals surface area contributed by atoms with Gasteiger partial charge in [-0.1, -0.05) is 18.8 Å². The van der Waals surface area contributed by atoms with E-state index in [0.717, 1.165) is 25.7 Å². The van der Waals surface area contributed by atoms with E-state index in [1.165, 1.54) is 0 Å². The molecule has 9 heteroatoms. The second-order valence-corrected chi connectivity index (χ2v) is 9.03. The normalized spacial score (nSPS) is 20.5. The van der Waals surface area contributed by atoms with Crippen LogP contribution in [0.25, 0.3) is 0 Å². The summed E-state index contributed by atoms with van der Waals surface area (Å²) >= 11 is 0. The van der Waals surface area contributed by atoms with Crippen molar-refractivity contribution in [1.82, 2.24) is 29.6 Å². The summed E-state index contributed by atoms with van der Waals surface area (Å²) in [5, 5.41) is 0. The highest BCUT2D eigenvalue weighted by molar-refractivity contribution is 5.86. The Morgan fingerprint density at radius 3 is 1.91 bits per heavy atom. The second kappa shape index (κ2) is 10.2. The fourth-order valence-corrected chi connectivity index (χ4v) is 4.99. The van der Waals surface area contributed by atoms with Gasteiger partial charge in [0.25, 0.3) is 0 Å². The van der Waals surface area contributed by atoms with E-state index in [1.54, 1.807) is 18.5 Å². The van der Waals surface area contributed by atoms with Crippen LogP contribution >= 0.6 is 0 Å². The summed E-state index contributed by atoms with van der Waals surface area (Å²) in [5.74, 6) is 3.56. The average molecular weight is 453 g/mol. The van der Waals surface area contributed by atoms with E-state index in [0.29, 0.717) is 71.0 Å². The van der Waals surface area contributed by atoms with Gasteiger partial charge in [0.05, 0.1) is 0 Å². The number of hydrogen-bond acceptors (Lipinski definition) is 5. The maximum atomic E-state index is 13.0. The van der Waals surface area contributed by atoms with Crippen LogP contribution < -0.4 is 0 Å². The van der Waals surface area contributed by atoms with E-state index in [4.69, 9.17) is 6.42 Å². The third-order valence-electron chi connectivity index (χ3n) is 7.06. The number of piperazine rings is 2. The van der Waals surface area contributed by atoms with E-state index in [-0.39, 0.29) is 17.8 Å². The summed E-state index contributed by atoms with van der Waals surface area (Å²) in [4.78, 5) is 54.1. The summed E-state index contributed by atoms with van der Waals surface area (Å²) in [6.45, 7) is 4.18. The molecule has 1 saturated carbocycles. The maximum absolute atomic E-state index is 13.0. The molecule has 2 aliphatic heterocycles. The molecule has 9 nitrogen and oxygen atoms in total. The molecule has 0 atom stereocenters. The molecule has 3 aliphatic rings. The molecule has 4 amide bonds. The van der Waals surface area contributed by atoms with Crippen molar-refractivity contribution < 1.29 is 14.4 Å². The lowest BCUT2D eigenvalue weighted by Crippen LogP contribution is -2.59. The molecule has 4 rings (SSSR count). The molecular weight excluding hydrogens is 420 g/mol. The van der Waals surface area contributed by atoms with Crippen molar-refractivity contribution >= 4 is 17.8 Å². The Kier molecular flexibility index (Phi) is 7.11. The number of hydrogen-bond donors (Lipinski definition) is 0. The topological polar surface area (TPSA) is 90.0 Å². The average Bonchev–Trinajstić information content (AvgIpc) is 3.38. The Hall–Kier alpha value is -3.15. The zero-order valence-corrected chi connectivity index (χ0v) is 19.1. The lowest BCUT2D eigenvalue weighted by Gasteiger charge is -2.41. The third kappa shape index (κ3) is 5.10. The Labute approximate surface area is 195 Å². The first kappa shape index (κ1) is 23.0. The highest BCUT2D eigenvalue weighted by Gasteiger charge is 2.43. The van der Waals surface area contributed by atoms with Gasteiger partial charge < -0.3 is 19.6 Å². The molecule has 3 fully saturated rings. The van der Waals surface area contributed by atoms with Gasteiger partial charge in [-0.15, -0.1) is 6.42 Å². The summed E-state index contributed by atoms with van der Waals surface area (Å²) in [6.07, 6.45) is 13.5. The van der Waals surface area contributed by atoms with Crippen LogP contribution in [0, 0.1) is 17.8 Å². The fraction of sp³-hybridized carbons (Fsp3) is 0.625. The molecule has 0 radical (unpaired) electrons. The van der Waals surface area contributed by atoms with Crippen LogP contribution in [0.5, 0.6) is 0 Å². The van der Waals surface area contributed by atoms with E-state index < -0.39 is 5.41 Å². The van der Waals surface area contributed by atoms with Gasteiger partial charge in [0.2, 0.25) is 11.8 Å². The van der Waals surface area contributed by atoms with Gasteiger partial charge in [-0.05, 0) is 18.9 Å². The molecule has 33 heavy (non-hydrogen) atoms. The second-order valence-electron chi connectivity index (χ2n) is 9.03. The van der Waals surface area contributed by atoms with Gasteiger partial charge in [-0.2, -0.15) is 0 Å². The van der Waals surface area contributed by atoms with E-state index >= 15 is 0 Å². The Bertz CT molecular complexity index is 893. The van der Waals surface area contributed by atoms with Crippen LogP contribution in [0.4, 0.5) is 4.79 Å². The van der Waals surface area contributed by atoms with Crippen molar-refractivity contribution in [3.63, 3.8) is 0 Å². The maximum Gasteiger partial charge on any atom is 0.320 e. The highest BCUT2D eigenvalue weighted by atomic mass is 16.2. The van der Waals surface area contributed by atoms with Gasteiger partial charge in [0.1, 0.15) is 11.2 Å². The van der Waals surface area contributed by atoms with Gasteiger partial charge >= 0.3 is 6.03 Å². The summed E-state index contributed by atoms with van der Waals surface area (Å²) < 4.78 is 0. The number of aryl methyl sites for hydroxylation is 1. The number of nitrogens with zero attached hydrogens (tertiary/aromatic N) is 6. The first-order valence-corrected chi connectivity index (χ1v) is 11.9. The molecule has 0 bridgehead atoms. The highest BCUT2D eigenvalue weighted by Crippen LogP contribution is 2.39. The van der Waals surface area contributed by atoms with E-state index in [2.05, 4.69) is 15.9 Å². The van der Waals surface area contributed by atoms with Crippen LogP contribution in [0.1, 0.15) is 37.9 Å². The molecular formula is C24H32N6O3.